The molecule has 0 atom stereocenters. The molecule has 0 fully saturated rings. The number of hydrogen-bond donors (Lipinski definition) is 0. The van der Waals surface area contributed by atoms with Crippen molar-refractivity contribution < 1.29 is 4.74 Å². The molecule has 1 heteroatoms. The van der Waals surface area contributed by atoms with Gasteiger partial charge in [0.2, 0.25) is 0 Å². The number of allylic oxidation sites excluding steroid dienone is 1. The van der Waals surface area contributed by atoms with Crippen LogP contribution in [0.2, 0.25) is 0 Å². The SMILES string of the molecule is CCCC=Cc1ccc(OCc2ccc(CCC)cc2)cc1. The number of ether oxygens (including phenoxy) is 1. The quantitative estimate of drug-likeness (QED) is 0.577. The minimum Gasteiger partial charge on any atom is -0.489 e. The highest BCUT2D eigenvalue weighted by Crippen LogP contribution is 2.16. The topological polar surface area (TPSA) is 9.23 Å². The zero-order valence-corrected chi connectivity index (χ0v) is 13.7. The Morgan fingerprint density at radius 3 is 2.14 bits per heavy atom. The van der Waals surface area contributed by atoms with Crippen molar-refractivity contribution in [3.8, 4) is 5.75 Å². The molecule has 0 saturated heterocycles. The van der Waals surface area contributed by atoms with Crippen molar-refractivity contribution in [1.29, 1.82) is 0 Å². The smallest absolute Gasteiger partial charge is 0.119 e. The fourth-order valence-electron chi connectivity index (χ4n) is 2.32. The summed E-state index contributed by atoms with van der Waals surface area (Å²) in [7, 11) is 0. The minimum absolute atomic E-state index is 0.622. The molecule has 0 amide bonds. The van der Waals surface area contributed by atoms with Gasteiger partial charge in [-0.1, -0.05) is 75.2 Å². The van der Waals surface area contributed by atoms with Gasteiger partial charge in [0.1, 0.15) is 12.4 Å². The van der Waals surface area contributed by atoms with Crippen LogP contribution in [-0.4, -0.2) is 0 Å². The molecule has 1 nitrogen and oxygen atoms in total. The van der Waals surface area contributed by atoms with Crippen LogP contribution in [0.4, 0.5) is 0 Å². The zero-order chi connectivity index (χ0) is 15.6. The van der Waals surface area contributed by atoms with Crippen LogP contribution >= 0.6 is 0 Å². The maximum atomic E-state index is 5.85. The van der Waals surface area contributed by atoms with E-state index >= 15 is 0 Å². The van der Waals surface area contributed by atoms with Gasteiger partial charge in [-0.15, -0.1) is 0 Å². The molecule has 116 valence electrons. The molecular weight excluding hydrogens is 268 g/mol. The van der Waals surface area contributed by atoms with Crippen LogP contribution in [0.25, 0.3) is 6.08 Å². The van der Waals surface area contributed by atoms with Crippen molar-refractivity contribution in [3.63, 3.8) is 0 Å². The lowest BCUT2D eigenvalue weighted by Gasteiger charge is -2.07. The second-order valence-electron chi connectivity index (χ2n) is 5.62. The van der Waals surface area contributed by atoms with Gasteiger partial charge in [0.25, 0.3) is 0 Å². The Bertz CT molecular complexity index is 564. The van der Waals surface area contributed by atoms with E-state index in [0.29, 0.717) is 6.61 Å². The maximum absolute atomic E-state index is 5.85. The summed E-state index contributed by atoms with van der Waals surface area (Å²) in [5, 5.41) is 0. The largest absolute Gasteiger partial charge is 0.489 e. The first kappa shape index (κ1) is 16.4. The lowest BCUT2D eigenvalue weighted by Crippen LogP contribution is -1.95. The standard InChI is InChI=1S/C21H26O/c1-3-5-6-8-19-13-15-21(16-14-19)22-17-20-11-9-18(7-4-2)10-12-20/h6,8-16H,3-5,7,17H2,1-2H3. The van der Waals surface area contributed by atoms with Crippen molar-refractivity contribution in [2.45, 2.75) is 46.1 Å². The Hall–Kier alpha value is -2.02. The molecule has 0 aliphatic rings. The van der Waals surface area contributed by atoms with E-state index in [9.17, 15) is 0 Å². The second-order valence-corrected chi connectivity index (χ2v) is 5.62. The van der Waals surface area contributed by atoms with Crippen molar-refractivity contribution in [3.05, 3.63) is 71.3 Å². The predicted octanol–water partition coefficient (Wildman–Crippen LogP) is 6.03. The van der Waals surface area contributed by atoms with Gasteiger partial charge in [0.15, 0.2) is 0 Å². The van der Waals surface area contributed by atoms with Gasteiger partial charge in [-0.25, -0.2) is 0 Å². The number of unbranched alkanes of at least 4 members (excludes halogenated alkanes) is 1. The summed E-state index contributed by atoms with van der Waals surface area (Å²) in [5.74, 6) is 0.922. The van der Waals surface area contributed by atoms with Gasteiger partial charge in [-0.05, 0) is 41.7 Å². The molecule has 2 aromatic rings. The Kier molecular flexibility index (Phi) is 6.76. The highest BCUT2D eigenvalue weighted by atomic mass is 16.5. The summed E-state index contributed by atoms with van der Waals surface area (Å²) in [5.41, 5.74) is 3.84. The fourth-order valence-corrected chi connectivity index (χ4v) is 2.32. The van der Waals surface area contributed by atoms with E-state index in [4.69, 9.17) is 4.74 Å². The van der Waals surface area contributed by atoms with Crippen molar-refractivity contribution in [2.24, 2.45) is 0 Å². The lowest BCUT2D eigenvalue weighted by molar-refractivity contribution is 0.306. The Labute approximate surface area is 134 Å². The van der Waals surface area contributed by atoms with E-state index in [2.05, 4.69) is 62.4 Å². The van der Waals surface area contributed by atoms with Gasteiger partial charge in [-0.3, -0.25) is 0 Å². The van der Waals surface area contributed by atoms with Crippen molar-refractivity contribution in [1.82, 2.24) is 0 Å². The van der Waals surface area contributed by atoms with E-state index in [0.717, 1.165) is 18.6 Å². The van der Waals surface area contributed by atoms with E-state index in [1.165, 1.54) is 29.5 Å². The molecule has 0 heterocycles. The lowest BCUT2D eigenvalue weighted by atomic mass is 10.1. The Morgan fingerprint density at radius 2 is 1.50 bits per heavy atom. The first-order valence-electron chi connectivity index (χ1n) is 8.29. The fraction of sp³-hybridized carbons (Fsp3) is 0.333. The maximum Gasteiger partial charge on any atom is 0.119 e. The molecule has 0 aliphatic heterocycles. The van der Waals surface area contributed by atoms with Crippen molar-refractivity contribution in [2.75, 3.05) is 0 Å². The molecule has 0 saturated carbocycles. The van der Waals surface area contributed by atoms with Crippen LogP contribution < -0.4 is 4.74 Å². The number of benzene rings is 2. The molecule has 0 spiro atoms. The first-order chi connectivity index (χ1) is 10.8. The normalized spacial score (nSPS) is 11.0. The highest BCUT2D eigenvalue weighted by molar-refractivity contribution is 5.50. The second kappa shape index (κ2) is 9.09. The van der Waals surface area contributed by atoms with Gasteiger partial charge in [-0.2, -0.15) is 0 Å². The van der Waals surface area contributed by atoms with Gasteiger partial charge >= 0.3 is 0 Å². The van der Waals surface area contributed by atoms with E-state index in [1.54, 1.807) is 0 Å². The molecule has 0 aromatic heterocycles. The van der Waals surface area contributed by atoms with Crippen LogP contribution in [-0.2, 0) is 13.0 Å². The van der Waals surface area contributed by atoms with Crippen LogP contribution in [0.1, 0.15) is 49.8 Å². The van der Waals surface area contributed by atoms with Crippen molar-refractivity contribution >= 4 is 6.08 Å². The summed E-state index contributed by atoms with van der Waals surface area (Å²) in [6.07, 6.45) is 9.04. The number of hydrogen-bond acceptors (Lipinski definition) is 1. The molecule has 2 rings (SSSR count). The summed E-state index contributed by atoms with van der Waals surface area (Å²) >= 11 is 0. The predicted molar refractivity (Wildman–Crippen MR) is 95.2 cm³/mol. The summed E-state index contributed by atoms with van der Waals surface area (Å²) in [4.78, 5) is 0. The van der Waals surface area contributed by atoms with E-state index in [-0.39, 0.29) is 0 Å². The van der Waals surface area contributed by atoms with Crippen LogP contribution in [0, 0.1) is 0 Å². The number of aryl methyl sites for hydroxylation is 1. The third kappa shape index (κ3) is 5.40. The molecule has 22 heavy (non-hydrogen) atoms. The summed E-state index contributed by atoms with van der Waals surface area (Å²) in [6, 6.07) is 17.0. The molecular formula is C21H26O. The Morgan fingerprint density at radius 1 is 0.818 bits per heavy atom. The summed E-state index contributed by atoms with van der Waals surface area (Å²) < 4.78 is 5.85. The molecule has 0 bridgehead atoms. The molecule has 0 unspecified atom stereocenters. The van der Waals surface area contributed by atoms with Crippen LogP contribution in [0.5, 0.6) is 5.75 Å². The summed E-state index contributed by atoms with van der Waals surface area (Å²) in [6.45, 7) is 5.02. The van der Waals surface area contributed by atoms with E-state index < -0.39 is 0 Å². The van der Waals surface area contributed by atoms with E-state index in [1.807, 2.05) is 12.1 Å². The molecule has 0 aliphatic carbocycles. The monoisotopic (exact) mass is 294 g/mol. The average Bonchev–Trinajstić information content (AvgIpc) is 2.56. The minimum atomic E-state index is 0.622. The Balaban J connectivity index is 1.85. The van der Waals surface area contributed by atoms with Crippen LogP contribution in [0.15, 0.2) is 54.6 Å². The molecule has 2 aromatic carbocycles. The molecule has 0 radical (unpaired) electrons. The zero-order valence-electron chi connectivity index (χ0n) is 13.7. The first-order valence-corrected chi connectivity index (χ1v) is 8.29. The molecule has 0 N–H and O–H groups in total. The average molecular weight is 294 g/mol. The highest BCUT2D eigenvalue weighted by Gasteiger charge is 1.97. The third-order valence-electron chi connectivity index (χ3n) is 3.61. The van der Waals surface area contributed by atoms with Gasteiger partial charge < -0.3 is 4.74 Å². The van der Waals surface area contributed by atoms with Gasteiger partial charge in [0, 0.05) is 0 Å². The third-order valence-corrected chi connectivity index (χ3v) is 3.61. The van der Waals surface area contributed by atoms with Gasteiger partial charge in [0.05, 0.1) is 0 Å². The number of rotatable bonds is 8. The van der Waals surface area contributed by atoms with Crippen LogP contribution in [0.3, 0.4) is 0 Å².